The van der Waals surface area contributed by atoms with Gasteiger partial charge in [0.15, 0.2) is 0 Å². The van der Waals surface area contributed by atoms with E-state index >= 15 is 0 Å². The van der Waals surface area contributed by atoms with E-state index < -0.39 is 0 Å². The van der Waals surface area contributed by atoms with E-state index in [2.05, 4.69) is 20.8 Å². The molecular weight excluding hydrogens is 292 g/mol. The monoisotopic (exact) mass is 310 g/mol. The molecule has 21 heavy (non-hydrogen) atoms. The molecule has 2 aromatic rings. The molecule has 0 radical (unpaired) electrons. The quantitative estimate of drug-likeness (QED) is 0.898. The first-order valence-electron chi connectivity index (χ1n) is 6.95. The Hall–Kier alpha value is -1.66. The van der Waals surface area contributed by atoms with Crippen molar-refractivity contribution in [2.24, 2.45) is 5.92 Å². The van der Waals surface area contributed by atoms with E-state index in [0.717, 1.165) is 30.6 Å². The number of amides is 1. The lowest BCUT2D eigenvalue weighted by molar-refractivity contribution is 0.0951. The van der Waals surface area contributed by atoms with Crippen molar-refractivity contribution in [3.63, 3.8) is 0 Å². The first-order chi connectivity index (χ1) is 9.74. The molecule has 1 saturated heterocycles. The van der Waals surface area contributed by atoms with E-state index in [1.54, 1.807) is 6.07 Å². The summed E-state index contributed by atoms with van der Waals surface area (Å²) in [4.78, 5) is 16.2. The fourth-order valence-corrected chi connectivity index (χ4v) is 2.52. The number of pyridine rings is 1. The first-order valence-corrected chi connectivity index (χ1v) is 6.95. The van der Waals surface area contributed by atoms with Gasteiger partial charge < -0.3 is 15.2 Å². The minimum Gasteiger partial charge on any atom is -0.352 e. The van der Waals surface area contributed by atoms with Gasteiger partial charge in [0, 0.05) is 12.7 Å². The maximum atomic E-state index is 12.1. The van der Waals surface area contributed by atoms with Crippen molar-refractivity contribution < 1.29 is 9.32 Å². The number of fused-ring (bicyclic) bond motifs is 1. The van der Waals surface area contributed by atoms with Gasteiger partial charge in [-0.1, -0.05) is 5.16 Å². The number of aromatic nitrogens is 2. The number of rotatable bonds is 4. The second kappa shape index (κ2) is 6.87. The van der Waals surface area contributed by atoms with Gasteiger partial charge in [-0.25, -0.2) is 4.98 Å². The van der Waals surface area contributed by atoms with Gasteiger partial charge >= 0.3 is 0 Å². The summed E-state index contributed by atoms with van der Waals surface area (Å²) >= 11 is 0. The molecule has 0 aromatic carbocycles. The third-order valence-corrected chi connectivity index (χ3v) is 3.77. The Balaban J connectivity index is 0.00000161. The molecule has 2 aromatic heterocycles. The molecule has 0 bridgehead atoms. The molecule has 114 valence electrons. The van der Waals surface area contributed by atoms with Crippen molar-refractivity contribution in [3.8, 4) is 0 Å². The van der Waals surface area contributed by atoms with Crippen LogP contribution in [0.4, 0.5) is 0 Å². The standard InChI is InChI=1S/C14H18N4O2.ClH/c1-9-12-6-11(8-17-14(12)20-18-9)13(19)16-5-3-10-2-4-15-7-10;/h6,8,10,15H,2-5,7H2,1H3,(H,16,19);1H. The third-order valence-electron chi connectivity index (χ3n) is 3.77. The average Bonchev–Trinajstić information content (AvgIpc) is 3.09. The van der Waals surface area contributed by atoms with Gasteiger partial charge in [0.25, 0.3) is 11.6 Å². The SMILES string of the molecule is Cc1noc2ncc(C(=O)NCCC3CCNC3)cc12.Cl. The number of carbonyl (C=O) groups is 1. The van der Waals surface area contributed by atoms with Gasteiger partial charge in [0.1, 0.15) is 0 Å². The molecular formula is C14H19ClN4O2. The number of carbonyl (C=O) groups excluding carboxylic acids is 1. The Bertz CT molecular complexity index is 622. The number of aryl methyl sites for hydroxylation is 1. The van der Waals surface area contributed by atoms with E-state index in [4.69, 9.17) is 4.52 Å². The Morgan fingerprint density at radius 2 is 2.43 bits per heavy atom. The van der Waals surface area contributed by atoms with Crippen molar-refractivity contribution in [2.45, 2.75) is 19.8 Å². The van der Waals surface area contributed by atoms with Crippen molar-refractivity contribution in [3.05, 3.63) is 23.5 Å². The number of hydrogen-bond donors (Lipinski definition) is 2. The van der Waals surface area contributed by atoms with Crippen molar-refractivity contribution in [1.29, 1.82) is 0 Å². The molecule has 1 amide bonds. The molecule has 1 unspecified atom stereocenters. The predicted octanol–water partition coefficient (Wildman–Crippen LogP) is 1.68. The summed E-state index contributed by atoms with van der Waals surface area (Å²) in [5, 5.41) is 10.9. The van der Waals surface area contributed by atoms with Crippen LogP contribution >= 0.6 is 12.4 Å². The molecule has 6 nitrogen and oxygen atoms in total. The topological polar surface area (TPSA) is 80.0 Å². The molecule has 2 N–H and O–H groups in total. The highest BCUT2D eigenvalue weighted by Crippen LogP contribution is 2.17. The predicted molar refractivity (Wildman–Crippen MR) is 81.7 cm³/mol. The highest BCUT2D eigenvalue weighted by molar-refractivity contribution is 5.96. The summed E-state index contributed by atoms with van der Waals surface area (Å²) in [6.45, 7) is 4.68. The number of nitrogens with zero attached hydrogens (tertiary/aromatic N) is 2. The fourth-order valence-electron chi connectivity index (χ4n) is 2.52. The Morgan fingerprint density at radius 1 is 1.57 bits per heavy atom. The molecule has 3 heterocycles. The van der Waals surface area contributed by atoms with Crippen LogP contribution in [0, 0.1) is 12.8 Å². The molecule has 1 fully saturated rings. The molecule has 3 rings (SSSR count). The lowest BCUT2D eigenvalue weighted by Crippen LogP contribution is -2.26. The van der Waals surface area contributed by atoms with E-state index in [-0.39, 0.29) is 18.3 Å². The fraction of sp³-hybridized carbons (Fsp3) is 0.500. The van der Waals surface area contributed by atoms with Gasteiger partial charge in [-0.05, 0) is 44.8 Å². The zero-order chi connectivity index (χ0) is 13.9. The van der Waals surface area contributed by atoms with Crippen LogP contribution in [0.1, 0.15) is 28.9 Å². The molecule has 7 heteroatoms. The van der Waals surface area contributed by atoms with Gasteiger partial charge in [-0.15, -0.1) is 12.4 Å². The maximum absolute atomic E-state index is 12.1. The van der Waals surface area contributed by atoms with Gasteiger partial charge in [-0.2, -0.15) is 0 Å². The van der Waals surface area contributed by atoms with Gasteiger partial charge in [0.2, 0.25) is 0 Å². The summed E-state index contributed by atoms with van der Waals surface area (Å²) in [5.41, 5.74) is 1.77. The molecule has 0 saturated carbocycles. The van der Waals surface area contributed by atoms with Crippen LogP contribution in [0.3, 0.4) is 0 Å². The van der Waals surface area contributed by atoms with Crippen LogP contribution in [0.15, 0.2) is 16.8 Å². The van der Waals surface area contributed by atoms with Crippen molar-refractivity contribution in [1.82, 2.24) is 20.8 Å². The maximum Gasteiger partial charge on any atom is 0.257 e. The zero-order valence-electron chi connectivity index (χ0n) is 11.9. The minimum absolute atomic E-state index is 0. The summed E-state index contributed by atoms with van der Waals surface area (Å²) in [5.74, 6) is 0.585. The highest BCUT2D eigenvalue weighted by atomic mass is 35.5. The molecule has 0 aliphatic carbocycles. The largest absolute Gasteiger partial charge is 0.352 e. The second-order valence-corrected chi connectivity index (χ2v) is 5.25. The van der Waals surface area contributed by atoms with E-state index in [0.29, 0.717) is 23.7 Å². The number of nitrogens with one attached hydrogen (secondary N) is 2. The van der Waals surface area contributed by atoms with E-state index in [9.17, 15) is 4.79 Å². The molecule has 1 aliphatic heterocycles. The summed E-state index contributed by atoms with van der Waals surface area (Å²) in [6, 6.07) is 1.78. The molecule has 1 aliphatic rings. The molecule has 1 atom stereocenters. The average molecular weight is 311 g/mol. The van der Waals surface area contributed by atoms with Crippen molar-refractivity contribution >= 4 is 29.4 Å². The van der Waals surface area contributed by atoms with Crippen molar-refractivity contribution in [2.75, 3.05) is 19.6 Å². The lowest BCUT2D eigenvalue weighted by Gasteiger charge is -2.09. The van der Waals surface area contributed by atoms with Crippen LogP contribution in [0.5, 0.6) is 0 Å². The van der Waals surface area contributed by atoms with Gasteiger partial charge in [-0.3, -0.25) is 4.79 Å². The Labute approximate surface area is 129 Å². The first kappa shape index (κ1) is 15.7. The van der Waals surface area contributed by atoms with Crippen LogP contribution in [-0.4, -0.2) is 35.7 Å². The van der Waals surface area contributed by atoms with Crippen LogP contribution in [0.25, 0.3) is 11.1 Å². The lowest BCUT2D eigenvalue weighted by atomic mass is 10.1. The Kier molecular flexibility index (Phi) is 5.14. The zero-order valence-corrected chi connectivity index (χ0v) is 12.7. The van der Waals surface area contributed by atoms with E-state index in [1.807, 2.05) is 6.92 Å². The smallest absolute Gasteiger partial charge is 0.257 e. The minimum atomic E-state index is -0.0917. The van der Waals surface area contributed by atoms with Crippen LogP contribution in [-0.2, 0) is 0 Å². The van der Waals surface area contributed by atoms with Crippen LogP contribution < -0.4 is 10.6 Å². The second-order valence-electron chi connectivity index (χ2n) is 5.25. The summed E-state index contributed by atoms with van der Waals surface area (Å²) in [7, 11) is 0. The van der Waals surface area contributed by atoms with Crippen LogP contribution in [0.2, 0.25) is 0 Å². The summed E-state index contributed by atoms with van der Waals surface area (Å²) in [6.07, 6.45) is 3.74. The normalized spacial score (nSPS) is 17.7. The number of hydrogen-bond acceptors (Lipinski definition) is 5. The Morgan fingerprint density at radius 3 is 3.19 bits per heavy atom. The number of halogens is 1. The van der Waals surface area contributed by atoms with Gasteiger partial charge in [0.05, 0.1) is 16.6 Å². The third kappa shape index (κ3) is 3.51. The summed E-state index contributed by atoms with van der Waals surface area (Å²) < 4.78 is 5.03. The molecule has 0 spiro atoms. The highest BCUT2D eigenvalue weighted by Gasteiger charge is 2.15. The van der Waals surface area contributed by atoms with E-state index in [1.165, 1.54) is 12.6 Å².